The summed E-state index contributed by atoms with van der Waals surface area (Å²) >= 11 is 0. The Kier molecular flexibility index (Phi) is 10.7. The van der Waals surface area contributed by atoms with Gasteiger partial charge in [-0.2, -0.15) is 64.8 Å². The van der Waals surface area contributed by atoms with E-state index in [1.54, 1.807) is 0 Å². The third kappa shape index (κ3) is 8.62. The number of benzene rings is 1. The van der Waals surface area contributed by atoms with E-state index in [2.05, 4.69) is 17.3 Å². The molecule has 0 radical (unpaired) electrons. The normalized spacial score (nSPS) is 25.3. The van der Waals surface area contributed by atoms with Crippen molar-refractivity contribution in [3.8, 4) is 0 Å². The SMILES string of the molecule is CO[C@@H]1O[C@H](COS(=O)(=O)C(F)(F)F)[C@@H](OS(=O)(=O)C(F)(F)F)[C@H](OCc2ccccc2)[C@H]1OS(=O)(=O)C(F)(F)F. The van der Waals surface area contributed by atoms with Crippen molar-refractivity contribution in [3.05, 3.63) is 35.9 Å². The van der Waals surface area contributed by atoms with Gasteiger partial charge in [0.25, 0.3) is 0 Å². The molecule has 0 saturated carbocycles. The Hall–Kier alpha value is -1.80. The van der Waals surface area contributed by atoms with Crippen molar-refractivity contribution >= 4 is 30.4 Å². The third-order valence-corrected chi connectivity index (χ3v) is 7.92. The van der Waals surface area contributed by atoms with Crippen LogP contribution in [-0.2, 0) is 63.7 Å². The lowest BCUT2D eigenvalue weighted by atomic mass is 9.99. The maximum absolute atomic E-state index is 13.1. The third-order valence-electron chi connectivity index (χ3n) is 4.82. The Balaban J connectivity index is 2.66. The second kappa shape index (κ2) is 12.4. The fourth-order valence-corrected chi connectivity index (χ4v) is 4.69. The molecule has 41 heavy (non-hydrogen) atoms. The van der Waals surface area contributed by atoms with Gasteiger partial charge in [0.2, 0.25) is 0 Å². The van der Waals surface area contributed by atoms with Gasteiger partial charge in [0, 0.05) is 7.11 Å². The molecule has 1 aromatic rings. The van der Waals surface area contributed by atoms with E-state index in [1.165, 1.54) is 30.3 Å². The fourth-order valence-electron chi connectivity index (χ4n) is 3.00. The van der Waals surface area contributed by atoms with Crippen LogP contribution in [0.4, 0.5) is 39.5 Å². The fraction of sp³-hybridized carbons (Fsp3) is 0.647. The minimum atomic E-state index is -6.80. The Morgan fingerprint density at radius 2 is 1.17 bits per heavy atom. The molecule has 0 aromatic heterocycles. The predicted molar refractivity (Wildman–Crippen MR) is 111 cm³/mol. The Morgan fingerprint density at radius 3 is 1.61 bits per heavy atom. The number of methoxy groups -OCH3 is 1. The molecule has 12 nitrogen and oxygen atoms in total. The Morgan fingerprint density at radius 1 is 0.707 bits per heavy atom. The summed E-state index contributed by atoms with van der Waals surface area (Å²) < 4.78 is 213. The molecule has 0 spiro atoms. The molecule has 1 heterocycles. The van der Waals surface area contributed by atoms with Gasteiger partial charge in [-0.15, -0.1) is 0 Å². The first-order valence-corrected chi connectivity index (χ1v) is 14.4. The lowest BCUT2D eigenvalue weighted by molar-refractivity contribution is -0.293. The number of rotatable bonds is 11. The Bertz CT molecular complexity index is 1340. The lowest BCUT2D eigenvalue weighted by Gasteiger charge is -2.44. The van der Waals surface area contributed by atoms with Gasteiger partial charge < -0.3 is 14.2 Å². The molecule has 0 aliphatic carbocycles. The maximum atomic E-state index is 13.1. The van der Waals surface area contributed by atoms with Crippen LogP contribution in [0.2, 0.25) is 0 Å². The summed E-state index contributed by atoms with van der Waals surface area (Å²) in [5.74, 6) is 0. The van der Waals surface area contributed by atoms with Gasteiger partial charge in [-0.1, -0.05) is 30.3 Å². The number of hydrogen-bond donors (Lipinski definition) is 0. The summed E-state index contributed by atoms with van der Waals surface area (Å²) in [5, 5.41) is 0. The molecule has 24 heteroatoms. The van der Waals surface area contributed by atoms with E-state index in [4.69, 9.17) is 9.47 Å². The predicted octanol–water partition coefficient (Wildman–Crippen LogP) is 2.28. The van der Waals surface area contributed by atoms with E-state index in [1.807, 2.05) is 0 Å². The molecule has 0 unspecified atom stereocenters. The van der Waals surface area contributed by atoms with Gasteiger partial charge in [-0.05, 0) is 5.56 Å². The molecule has 5 atom stereocenters. The van der Waals surface area contributed by atoms with Crippen LogP contribution >= 0.6 is 0 Å². The first-order valence-electron chi connectivity index (χ1n) is 10.2. The second-order valence-electron chi connectivity index (χ2n) is 7.65. The quantitative estimate of drug-likeness (QED) is 0.191. The van der Waals surface area contributed by atoms with Crippen LogP contribution in [-0.4, -0.2) is 86.2 Å². The first-order chi connectivity index (χ1) is 18.4. The van der Waals surface area contributed by atoms with Gasteiger partial charge in [0.15, 0.2) is 12.4 Å². The van der Waals surface area contributed by atoms with E-state index in [0.717, 1.165) is 0 Å². The van der Waals surface area contributed by atoms with Crippen molar-refractivity contribution in [1.82, 2.24) is 0 Å². The summed E-state index contributed by atoms with van der Waals surface area (Å²) in [7, 11) is -19.4. The Labute approximate surface area is 225 Å². The zero-order valence-electron chi connectivity index (χ0n) is 19.7. The highest BCUT2D eigenvalue weighted by Gasteiger charge is 2.59. The monoisotopic (exact) mass is 680 g/mol. The number of halogens is 9. The molecular weight excluding hydrogens is 663 g/mol. The molecule has 1 saturated heterocycles. The molecule has 1 aliphatic heterocycles. The number of hydrogen-bond acceptors (Lipinski definition) is 12. The second-order valence-corrected chi connectivity index (χ2v) is 12.4. The van der Waals surface area contributed by atoms with E-state index < -0.39 is 90.8 Å². The summed E-state index contributed by atoms with van der Waals surface area (Å²) in [4.78, 5) is 0. The minimum Gasteiger partial charge on any atom is -0.368 e. The van der Waals surface area contributed by atoms with Crippen LogP contribution in [0.5, 0.6) is 0 Å². The van der Waals surface area contributed by atoms with Crippen molar-refractivity contribution in [2.24, 2.45) is 0 Å². The summed E-state index contributed by atoms with van der Waals surface area (Å²) in [6.07, 6.45) is -13.8. The highest BCUT2D eigenvalue weighted by Crippen LogP contribution is 2.37. The highest BCUT2D eigenvalue weighted by atomic mass is 32.2. The summed E-state index contributed by atoms with van der Waals surface area (Å²) in [6.45, 7) is -2.82. The van der Waals surface area contributed by atoms with Crippen LogP contribution in [0.3, 0.4) is 0 Å². The standard InChI is InChI=1S/C17H17F9O12S3/c1-33-14-13(38-41(31,32)17(24,25)26)12(34-7-9-5-3-2-4-6-9)11(37-40(29,30)16(21,22)23)10(36-14)8-35-39(27,28)15(18,19)20/h2-6,10-14H,7-8H2,1H3/t10-,11-,12+,13-,14-/m1/s1. The van der Waals surface area contributed by atoms with Crippen molar-refractivity contribution < 1.29 is 91.5 Å². The van der Waals surface area contributed by atoms with Crippen molar-refractivity contribution in [3.63, 3.8) is 0 Å². The zero-order chi connectivity index (χ0) is 31.7. The molecule has 2 rings (SSSR count). The smallest absolute Gasteiger partial charge is 0.368 e. The van der Waals surface area contributed by atoms with Crippen LogP contribution in [0.15, 0.2) is 30.3 Å². The molecular formula is C17H17F9O12S3. The number of alkyl halides is 9. The van der Waals surface area contributed by atoms with E-state index >= 15 is 0 Å². The van der Waals surface area contributed by atoms with E-state index in [9.17, 15) is 64.8 Å². The number of ether oxygens (including phenoxy) is 3. The van der Waals surface area contributed by atoms with Gasteiger partial charge in [-0.3, -0.25) is 12.5 Å². The van der Waals surface area contributed by atoms with Crippen LogP contribution in [0, 0.1) is 0 Å². The molecule has 1 aromatic carbocycles. The summed E-state index contributed by atoms with van der Waals surface area (Å²) in [6, 6.07) is 6.73. The molecule has 0 bridgehead atoms. The minimum absolute atomic E-state index is 0.0928. The highest BCUT2D eigenvalue weighted by molar-refractivity contribution is 7.88. The van der Waals surface area contributed by atoms with Crippen LogP contribution < -0.4 is 0 Å². The molecule has 1 fully saturated rings. The zero-order valence-corrected chi connectivity index (χ0v) is 22.2. The van der Waals surface area contributed by atoms with Gasteiger partial charge in [0.1, 0.15) is 18.3 Å². The molecule has 238 valence electrons. The maximum Gasteiger partial charge on any atom is 0.523 e. The van der Waals surface area contributed by atoms with Gasteiger partial charge in [0.05, 0.1) is 13.2 Å². The van der Waals surface area contributed by atoms with E-state index in [0.29, 0.717) is 7.11 Å². The van der Waals surface area contributed by atoms with Crippen molar-refractivity contribution in [1.29, 1.82) is 0 Å². The van der Waals surface area contributed by atoms with Crippen molar-refractivity contribution in [2.75, 3.05) is 13.7 Å². The van der Waals surface area contributed by atoms with Crippen LogP contribution in [0.1, 0.15) is 5.56 Å². The van der Waals surface area contributed by atoms with Gasteiger partial charge >= 0.3 is 46.9 Å². The molecule has 0 amide bonds. The largest absolute Gasteiger partial charge is 0.523 e. The van der Waals surface area contributed by atoms with Gasteiger partial charge in [-0.25, -0.2) is 0 Å². The average molecular weight is 680 g/mol. The van der Waals surface area contributed by atoms with E-state index in [-0.39, 0.29) is 5.56 Å². The lowest BCUT2D eigenvalue weighted by Crippen LogP contribution is -2.63. The summed E-state index contributed by atoms with van der Waals surface area (Å²) in [5.41, 5.74) is -18.5. The molecule has 0 N–H and O–H groups in total. The average Bonchev–Trinajstić information content (AvgIpc) is 2.81. The van der Waals surface area contributed by atoms with Crippen LogP contribution in [0.25, 0.3) is 0 Å². The van der Waals surface area contributed by atoms with Crippen molar-refractivity contribution in [2.45, 2.75) is 53.8 Å². The molecule has 1 aliphatic rings. The first kappa shape index (κ1) is 35.4. The topological polar surface area (TPSA) is 158 Å².